The van der Waals surface area contributed by atoms with Gasteiger partial charge in [0.1, 0.15) is 11.1 Å². The van der Waals surface area contributed by atoms with E-state index in [1.165, 1.54) is 6.42 Å². The summed E-state index contributed by atoms with van der Waals surface area (Å²) in [6.07, 6.45) is 6.59. The lowest BCUT2D eigenvalue weighted by Gasteiger charge is -2.29. The van der Waals surface area contributed by atoms with Crippen LogP contribution in [-0.4, -0.2) is 23.5 Å². The summed E-state index contributed by atoms with van der Waals surface area (Å²) in [5.74, 6) is -0.208. The maximum atomic E-state index is 11.5. The van der Waals surface area contributed by atoms with Gasteiger partial charge in [0.25, 0.3) is 0 Å². The zero-order valence-corrected chi connectivity index (χ0v) is 13.0. The molecule has 1 saturated carbocycles. The summed E-state index contributed by atoms with van der Waals surface area (Å²) in [4.78, 5) is 16.2. The van der Waals surface area contributed by atoms with E-state index in [9.17, 15) is 4.79 Å². The van der Waals surface area contributed by atoms with E-state index < -0.39 is 0 Å². The third kappa shape index (κ3) is 3.62. The molecule has 0 bridgehead atoms. The van der Waals surface area contributed by atoms with E-state index in [-0.39, 0.29) is 24.0 Å². The number of primary amides is 1. The van der Waals surface area contributed by atoms with Crippen LogP contribution in [-0.2, 0) is 16.1 Å². The van der Waals surface area contributed by atoms with Gasteiger partial charge < -0.3 is 15.8 Å². The van der Waals surface area contributed by atoms with E-state index >= 15 is 0 Å². The molecule has 6 heteroatoms. The van der Waals surface area contributed by atoms with Crippen LogP contribution in [0, 0.1) is 5.92 Å². The number of carbonyl (C=O) groups excluding carboxylic acids is 1. The van der Waals surface area contributed by atoms with Crippen LogP contribution in [0.25, 0.3) is 0 Å². The Morgan fingerprint density at radius 1 is 1.38 bits per heavy atom. The summed E-state index contributed by atoms with van der Waals surface area (Å²) in [6.45, 7) is 1.55. The van der Waals surface area contributed by atoms with Crippen molar-refractivity contribution in [3.05, 3.63) is 16.1 Å². The average Bonchev–Trinajstić information content (AvgIpc) is 3.16. The molecule has 116 valence electrons. The van der Waals surface area contributed by atoms with Gasteiger partial charge in [0.15, 0.2) is 0 Å². The molecule has 0 aromatic carbocycles. The Labute approximate surface area is 129 Å². The first-order chi connectivity index (χ1) is 10.2. The van der Waals surface area contributed by atoms with Crippen molar-refractivity contribution in [1.82, 2.24) is 10.3 Å². The minimum Gasteiger partial charge on any atom is -0.371 e. The lowest BCUT2D eigenvalue weighted by Crippen LogP contribution is -2.44. The van der Waals surface area contributed by atoms with Crippen molar-refractivity contribution >= 4 is 17.2 Å². The predicted octanol–water partition coefficient (Wildman–Crippen LogP) is 2.13. The summed E-state index contributed by atoms with van der Waals surface area (Å²) in [5, 5.41) is 6.65. The number of hydrogen-bond donors (Lipinski definition) is 2. The molecule has 2 aliphatic rings. The van der Waals surface area contributed by atoms with Gasteiger partial charge in [0.2, 0.25) is 5.91 Å². The molecule has 0 unspecified atom stereocenters. The summed E-state index contributed by atoms with van der Waals surface area (Å²) in [5.41, 5.74) is 6.55. The largest absolute Gasteiger partial charge is 0.371 e. The van der Waals surface area contributed by atoms with Crippen molar-refractivity contribution in [1.29, 1.82) is 0 Å². The fourth-order valence-electron chi connectivity index (χ4n) is 3.28. The smallest absolute Gasteiger partial charge is 0.222 e. The van der Waals surface area contributed by atoms with Gasteiger partial charge in [-0.05, 0) is 25.7 Å². The van der Waals surface area contributed by atoms with E-state index in [1.54, 1.807) is 11.3 Å². The third-order valence-corrected chi connectivity index (χ3v) is 5.44. The van der Waals surface area contributed by atoms with Crippen LogP contribution in [0.15, 0.2) is 5.38 Å². The Bertz CT molecular complexity index is 485. The van der Waals surface area contributed by atoms with E-state index in [1.807, 2.05) is 0 Å². The molecule has 1 aromatic heterocycles. The number of nitrogens with two attached hydrogens (primary N) is 1. The number of rotatable bonds is 5. The summed E-state index contributed by atoms with van der Waals surface area (Å²) < 4.78 is 5.66. The molecule has 2 heterocycles. The van der Waals surface area contributed by atoms with Crippen molar-refractivity contribution < 1.29 is 9.53 Å². The Morgan fingerprint density at radius 3 is 3.00 bits per heavy atom. The molecule has 0 radical (unpaired) electrons. The number of carbonyl (C=O) groups is 1. The number of thiazole rings is 1. The van der Waals surface area contributed by atoms with Crippen LogP contribution in [0.1, 0.15) is 55.3 Å². The van der Waals surface area contributed by atoms with Crippen molar-refractivity contribution in [2.75, 3.05) is 6.61 Å². The van der Waals surface area contributed by atoms with Gasteiger partial charge in [0.05, 0.1) is 11.6 Å². The molecule has 3 rings (SSSR count). The topological polar surface area (TPSA) is 77.2 Å². The summed E-state index contributed by atoms with van der Waals surface area (Å²) >= 11 is 1.67. The van der Waals surface area contributed by atoms with Gasteiger partial charge in [-0.1, -0.05) is 12.8 Å². The zero-order chi connectivity index (χ0) is 14.7. The molecular weight excluding hydrogens is 286 g/mol. The van der Waals surface area contributed by atoms with Crippen LogP contribution in [0.3, 0.4) is 0 Å². The Morgan fingerprint density at radius 2 is 2.24 bits per heavy atom. The Balaban J connectivity index is 1.55. The van der Waals surface area contributed by atoms with Gasteiger partial charge in [-0.25, -0.2) is 4.98 Å². The highest BCUT2D eigenvalue weighted by Crippen LogP contribution is 2.31. The molecule has 2 fully saturated rings. The van der Waals surface area contributed by atoms with Crippen LogP contribution in [0.2, 0.25) is 0 Å². The van der Waals surface area contributed by atoms with Crippen LogP contribution in [0.5, 0.6) is 0 Å². The van der Waals surface area contributed by atoms with Crippen LogP contribution >= 0.6 is 11.3 Å². The molecule has 0 spiro atoms. The van der Waals surface area contributed by atoms with Crippen LogP contribution in [0.4, 0.5) is 0 Å². The van der Waals surface area contributed by atoms with E-state index in [2.05, 4.69) is 15.7 Å². The zero-order valence-electron chi connectivity index (χ0n) is 12.2. The van der Waals surface area contributed by atoms with Crippen molar-refractivity contribution in [2.24, 2.45) is 11.7 Å². The second kappa shape index (κ2) is 6.85. The summed E-state index contributed by atoms with van der Waals surface area (Å²) in [7, 11) is 0. The average molecular weight is 309 g/mol. The van der Waals surface area contributed by atoms with Gasteiger partial charge in [0, 0.05) is 24.6 Å². The first-order valence-electron chi connectivity index (χ1n) is 7.82. The Kier molecular flexibility index (Phi) is 4.87. The molecule has 1 amide bonds. The highest BCUT2D eigenvalue weighted by Gasteiger charge is 2.29. The van der Waals surface area contributed by atoms with Crippen molar-refractivity contribution in [2.45, 2.75) is 57.2 Å². The van der Waals surface area contributed by atoms with E-state index in [4.69, 9.17) is 10.5 Å². The first-order valence-corrected chi connectivity index (χ1v) is 8.70. The van der Waals surface area contributed by atoms with Gasteiger partial charge in [-0.15, -0.1) is 11.3 Å². The normalized spacial score (nSPS) is 29.6. The quantitative estimate of drug-likeness (QED) is 0.873. The molecule has 21 heavy (non-hydrogen) atoms. The lowest BCUT2D eigenvalue weighted by atomic mass is 9.84. The number of nitrogens with one attached hydrogen (secondary N) is 1. The van der Waals surface area contributed by atoms with E-state index in [0.717, 1.165) is 49.4 Å². The minimum atomic E-state index is -0.175. The number of nitrogens with zero attached hydrogens (tertiary/aromatic N) is 1. The standard InChI is InChI=1S/C15H23N3O2S/c16-14(19)11-4-1-2-5-12(11)17-8-10-9-21-15(18-10)13-6-3-7-20-13/h9,11-13,17H,1-8H2,(H2,16,19)/t11-,12-,13+/m1/s1. The minimum absolute atomic E-state index is 0.0324. The fourth-order valence-corrected chi connectivity index (χ4v) is 4.18. The molecule has 3 N–H and O–H groups in total. The number of ether oxygens (including phenoxy) is 1. The first kappa shape index (κ1) is 14.9. The number of hydrogen-bond acceptors (Lipinski definition) is 5. The van der Waals surface area contributed by atoms with Crippen molar-refractivity contribution in [3.63, 3.8) is 0 Å². The molecule has 1 aliphatic carbocycles. The SMILES string of the molecule is NC(=O)[C@@H]1CCCC[C@H]1NCc1csc([C@@H]2CCCO2)n1. The molecule has 1 aliphatic heterocycles. The van der Waals surface area contributed by atoms with Gasteiger partial charge >= 0.3 is 0 Å². The lowest BCUT2D eigenvalue weighted by molar-refractivity contribution is -0.123. The highest BCUT2D eigenvalue weighted by molar-refractivity contribution is 7.09. The van der Waals surface area contributed by atoms with Crippen molar-refractivity contribution in [3.8, 4) is 0 Å². The second-order valence-corrected chi connectivity index (χ2v) is 6.85. The second-order valence-electron chi connectivity index (χ2n) is 5.96. The van der Waals surface area contributed by atoms with Gasteiger partial charge in [-0.2, -0.15) is 0 Å². The molecule has 5 nitrogen and oxygen atoms in total. The maximum absolute atomic E-state index is 11.5. The maximum Gasteiger partial charge on any atom is 0.222 e. The van der Waals surface area contributed by atoms with Gasteiger partial charge in [-0.3, -0.25) is 4.79 Å². The number of amides is 1. The van der Waals surface area contributed by atoms with Crippen LogP contribution < -0.4 is 11.1 Å². The van der Waals surface area contributed by atoms with E-state index in [0.29, 0.717) is 6.54 Å². The Hall–Kier alpha value is -0.980. The highest BCUT2D eigenvalue weighted by atomic mass is 32.1. The molecular formula is C15H23N3O2S. The fraction of sp³-hybridized carbons (Fsp3) is 0.733. The predicted molar refractivity (Wildman–Crippen MR) is 81.8 cm³/mol. The summed E-state index contributed by atoms with van der Waals surface area (Å²) in [6, 6.07) is 0.198. The molecule has 1 saturated heterocycles. The number of aromatic nitrogens is 1. The third-order valence-electron chi connectivity index (χ3n) is 4.45. The monoisotopic (exact) mass is 309 g/mol. The molecule has 3 atom stereocenters. The molecule has 1 aromatic rings.